The summed E-state index contributed by atoms with van der Waals surface area (Å²) in [5.41, 5.74) is 5.21. The Hall–Kier alpha value is -1.78. The standard InChI is InChI=1S/C20H23ClN2OS/c1-14(20(2,3)4)22-23-19(24)16-7-5-15(6-8-16)13-25-18-11-9-17(21)10-12-18/h5-12H,13H2,1-4H3,(H,23,24)/b22-14-. The largest absolute Gasteiger partial charge is 0.271 e. The van der Waals surface area contributed by atoms with Gasteiger partial charge in [-0.3, -0.25) is 4.79 Å². The van der Waals surface area contributed by atoms with Crippen LogP contribution < -0.4 is 5.43 Å². The zero-order valence-electron chi connectivity index (χ0n) is 15.0. The third-order valence-electron chi connectivity index (χ3n) is 3.85. The second-order valence-electron chi connectivity index (χ2n) is 6.83. The minimum absolute atomic E-state index is 0.0595. The molecule has 0 atom stereocenters. The van der Waals surface area contributed by atoms with Crippen LogP contribution in [0.15, 0.2) is 58.5 Å². The topological polar surface area (TPSA) is 41.5 Å². The molecule has 0 aromatic heterocycles. The molecule has 2 rings (SSSR count). The molecule has 0 saturated heterocycles. The molecule has 0 unspecified atom stereocenters. The molecule has 25 heavy (non-hydrogen) atoms. The van der Waals surface area contributed by atoms with Gasteiger partial charge in [-0.25, -0.2) is 5.43 Å². The fraction of sp³-hybridized carbons (Fsp3) is 0.300. The third-order valence-corrected chi connectivity index (χ3v) is 5.18. The first-order valence-corrected chi connectivity index (χ1v) is 9.44. The Bertz CT molecular complexity index is 747. The van der Waals surface area contributed by atoms with E-state index in [4.69, 9.17) is 11.6 Å². The van der Waals surface area contributed by atoms with Crippen LogP contribution in [0.3, 0.4) is 0 Å². The van der Waals surface area contributed by atoms with Gasteiger partial charge in [-0.15, -0.1) is 11.8 Å². The summed E-state index contributed by atoms with van der Waals surface area (Å²) >= 11 is 7.62. The molecule has 0 saturated carbocycles. The number of hydrogen-bond donors (Lipinski definition) is 1. The number of nitrogens with one attached hydrogen (secondary N) is 1. The molecular formula is C20H23ClN2OS. The molecular weight excluding hydrogens is 352 g/mol. The van der Waals surface area contributed by atoms with Crippen molar-refractivity contribution in [1.29, 1.82) is 0 Å². The Morgan fingerprint density at radius 1 is 1.08 bits per heavy atom. The lowest BCUT2D eigenvalue weighted by Crippen LogP contribution is -2.24. The second kappa shape index (κ2) is 8.54. The lowest BCUT2D eigenvalue weighted by molar-refractivity contribution is 0.0954. The van der Waals surface area contributed by atoms with Crippen LogP contribution >= 0.6 is 23.4 Å². The van der Waals surface area contributed by atoms with E-state index in [1.807, 2.05) is 55.5 Å². The molecule has 2 aromatic carbocycles. The van der Waals surface area contributed by atoms with E-state index in [9.17, 15) is 4.79 Å². The number of benzene rings is 2. The summed E-state index contributed by atoms with van der Waals surface area (Å²) in [6, 6.07) is 15.4. The van der Waals surface area contributed by atoms with Crippen molar-refractivity contribution in [3.05, 3.63) is 64.7 Å². The molecule has 2 aromatic rings. The number of rotatable bonds is 5. The van der Waals surface area contributed by atoms with Gasteiger partial charge in [0.15, 0.2) is 0 Å². The van der Waals surface area contributed by atoms with Gasteiger partial charge in [-0.05, 0) is 48.9 Å². The number of hydrazone groups is 1. The maximum atomic E-state index is 12.2. The average molecular weight is 375 g/mol. The van der Waals surface area contributed by atoms with Crippen molar-refractivity contribution in [3.8, 4) is 0 Å². The van der Waals surface area contributed by atoms with E-state index in [1.54, 1.807) is 11.8 Å². The van der Waals surface area contributed by atoms with Gasteiger partial charge in [0, 0.05) is 32.4 Å². The molecule has 0 spiro atoms. The molecule has 5 heteroatoms. The number of thioether (sulfide) groups is 1. The Morgan fingerprint density at radius 2 is 1.68 bits per heavy atom. The molecule has 1 amide bonds. The minimum Gasteiger partial charge on any atom is -0.267 e. The fourth-order valence-corrected chi connectivity index (χ4v) is 2.80. The van der Waals surface area contributed by atoms with Gasteiger partial charge in [-0.1, -0.05) is 44.5 Å². The second-order valence-corrected chi connectivity index (χ2v) is 8.31. The van der Waals surface area contributed by atoms with Crippen molar-refractivity contribution in [2.75, 3.05) is 0 Å². The summed E-state index contributed by atoms with van der Waals surface area (Å²) in [6.45, 7) is 8.10. The highest BCUT2D eigenvalue weighted by molar-refractivity contribution is 7.98. The Labute approximate surface area is 158 Å². The molecule has 1 N–H and O–H groups in total. The summed E-state index contributed by atoms with van der Waals surface area (Å²) in [4.78, 5) is 13.3. The highest BCUT2D eigenvalue weighted by Gasteiger charge is 2.15. The van der Waals surface area contributed by atoms with Crippen molar-refractivity contribution >= 4 is 35.0 Å². The van der Waals surface area contributed by atoms with E-state index in [0.717, 1.165) is 22.1 Å². The van der Waals surface area contributed by atoms with Gasteiger partial charge >= 0.3 is 0 Å². The molecule has 0 aliphatic carbocycles. The number of hydrogen-bond acceptors (Lipinski definition) is 3. The average Bonchev–Trinajstić information content (AvgIpc) is 2.58. The first kappa shape index (κ1) is 19.5. The van der Waals surface area contributed by atoms with Gasteiger partial charge in [0.1, 0.15) is 0 Å². The smallest absolute Gasteiger partial charge is 0.267 e. The lowest BCUT2D eigenvalue weighted by Gasteiger charge is -2.17. The monoisotopic (exact) mass is 374 g/mol. The van der Waals surface area contributed by atoms with Crippen LogP contribution in [0.2, 0.25) is 5.02 Å². The third kappa shape index (κ3) is 6.22. The zero-order chi connectivity index (χ0) is 18.4. The number of nitrogens with zero attached hydrogens (tertiary/aromatic N) is 1. The van der Waals surface area contributed by atoms with Crippen molar-refractivity contribution in [1.82, 2.24) is 5.43 Å². The lowest BCUT2D eigenvalue weighted by atomic mass is 9.91. The predicted octanol–water partition coefficient (Wildman–Crippen LogP) is 5.78. The fourth-order valence-electron chi connectivity index (χ4n) is 1.82. The molecule has 0 fully saturated rings. The van der Waals surface area contributed by atoms with Crippen LogP contribution in [0.5, 0.6) is 0 Å². The first-order valence-electron chi connectivity index (χ1n) is 8.08. The van der Waals surface area contributed by atoms with Crippen LogP contribution in [0, 0.1) is 5.41 Å². The van der Waals surface area contributed by atoms with Crippen LogP contribution in [0.1, 0.15) is 43.6 Å². The summed E-state index contributed by atoms with van der Waals surface area (Å²) in [6.07, 6.45) is 0. The number of carbonyl (C=O) groups excluding carboxylic acids is 1. The number of halogens is 1. The Balaban J connectivity index is 1.92. The van der Waals surface area contributed by atoms with Gasteiger partial charge < -0.3 is 0 Å². The quantitative estimate of drug-likeness (QED) is 0.409. The minimum atomic E-state index is -0.194. The van der Waals surface area contributed by atoms with Crippen molar-refractivity contribution in [2.24, 2.45) is 10.5 Å². The SMILES string of the molecule is C/C(=N/NC(=O)c1ccc(CSc2ccc(Cl)cc2)cc1)C(C)(C)C. The zero-order valence-corrected chi connectivity index (χ0v) is 16.5. The number of amides is 1. The Morgan fingerprint density at radius 3 is 2.24 bits per heavy atom. The van der Waals surface area contributed by atoms with E-state index < -0.39 is 0 Å². The Kier molecular flexibility index (Phi) is 6.68. The molecule has 3 nitrogen and oxygen atoms in total. The summed E-state index contributed by atoms with van der Waals surface area (Å²) in [5.74, 6) is 0.644. The summed E-state index contributed by atoms with van der Waals surface area (Å²) < 4.78 is 0. The van der Waals surface area contributed by atoms with Crippen LogP contribution in [0.4, 0.5) is 0 Å². The molecule has 132 valence electrons. The van der Waals surface area contributed by atoms with E-state index in [0.29, 0.717) is 5.56 Å². The predicted molar refractivity (Wildman–Crippen MR) is 107 cm³/mol. The molecule has 0 aliphatic heterocycles. The normalized spacial score (nSPS) is 12.1. The maximum absolute atomic E-state index is 12.2. The van der Waals surface area contributed by atoms with Crippen LogP contribution in [0.25, 0.3) is 0 Å². The first-order chi connectivity index (χ1) is 11.8. The summed E-state index contributed by atoms with van der Waals surface area (Å²) in [7, 11) is 0. The van der Waals surface area contributed by atoms with Gasteiger partial charge in [0.2, 0.25) is 0 Å². The summed E-state index contributed by atoms with van der Waals surface area (Å²) in [5, 5.41) is 4.92. The molecule has 0 bridgehead atoms. The van der Waals surface area contributed by atoms with Crippen LogP contribution in [-0.2, 0) is 5.75 Å². The van der Waals surface area contributed by atoms with Gasteiger partial charge in [0.05, 0.1) is 0 Å². The highest BCUT2D eigenvalue weighted by atomic mass is 35.5. The maximum Gasteiger partial charge on any atom is 0.271 e. The van der Waals surface area contributed by atoms with Crippen molar-refractivity contribution < 1.29 is 4.79 Å². The van der Waals surface area contributed by atoms with E-state index >= 15 is 0 Å². The molecule has 0 heterocycles. The molecule has 0 radical (unpaired) electrons. The number of carbonyl (C=O) groups is 1. The van der Waals surface area contributed by atoms with Crippen molar-refractivity contribution in [2.45, 2.75) is 38.3 Å². The van der Waals surface area contributed by atoms with E-state index in [2.05, 4.69) is 31.3 Å². The van der Waals surface area contributed by atoms with Crippen LogP contribution in [-0.4, -0.2) is 11.6 Å². The molecule has 0 aliphatic rings. The van der Waals surface area contributed by atoms with Crippen molar-refractivity contribution in [3.63, 3.8) is 0 Å². The van der Waals surface area contributed by atoms with E-state index in [1.165, 1.54) is 4.90 Å². The highest BCUT2D eigenvalue weighted by Crippen LogP contribution is 2.24. The van der Waals surface area contributed by atoms with Gasteiger partial charge in [0.25, 0.3) is 5.91 Å². The van der Waals surface area contributed by atoms with E-state index in [-0.39, 0.29) is 11.3 Å². The van der Waals surface area contributed by atoms with Gasteiger partial charge in [-0.2, -0.15) is 5.10 Å².